The maximum absolute atomic E-state index is 11.7. The molecule has 0 atom stereocenters. The molecule has 0 saturated carbocycles. The zero-order valence-corrected chi connectivity index (χ0v) is 9.79. The maximum atomic E-state index is 11.7. The molecule has 0 aromatic rings. The Hall–Kier alpha value is -0.610. The predicted octanol–water partition coefficient (Wildman–Crippen LogP) is 0.623. The standard InChI is InChI=1S/C11H22N2O2/c1-3-6-12-9-11(14)13-7-4-10(15-2)5-8-13/h10,12H,3-9H2,1-2H3. The van der Waals surface area contributed by atoms with Crippen LogP contribution in [0.1, 0.15) is 26.2 Å². The van der Waals surface area contributed by atoms with Crippen LogP contribution >= 0.6 is 0 Å². The summed E-state index contributed by atoms with van der Waals surface area (Å²) in [6.07, 6.45) is 3.35. The van der Waals surface area contributed by atoms with E-state index < -0.39 is 0 Å². The highest BCUT2D eigenvalue weighted by molar-refractivity contribution is 5.78. The van der Waals surface area contributed by atoms with Gasteiger partial charge in [-0.1, -0.05) is 6.92 Å². The molecule has 0 radical (unpaired) electrons. The first-order chi connectivity index (χ1) is 7.27. The SMILES string of the molecule is CCCNCC(=O)N1CCC(OC)CC1. The monoisotopic (exact) mass is 214 g/mol. The summed E-state index contributed by atoms with van der Waals surface area (Å²) in [6.45, 7) is 5.17. The number of nitrogens with one attached hydrogen (secondary N) is 1. The van der Waals surface area contributed by atoms with Gasteiger partial charge in [-0.15, -0.1) is 0 Å². The third kappa shape index (κ3) is 4.18. The molecule has 1 N–H and O–H groups in total. The summed E-state index contributed by atoms with van der Waals surface area (Å²) < 4.78 is 5.26. The number of methoxy groups -OCH3 is 1. The van der Waals surface area contributed by atoms with Crippen LogP contribution in [0.25, 0.3) is 0 Å². The molecule has 0 bridgehead atoms. The molecule has 1 rings (SSSR count). The number of carbonyl (C=O) groups excluding carboxylic acids is 1. The van der Waals surface area contributed by atoms with Crippen molar-refractivity contribution in [1.82, 2.24) is 10.2 Å². The van der Waals surface area contributed by atoms with E-state index in [1.807, 2.05) is 4.90 Å². The third-order valence-corrected chi connectivity index (χ3v) is 2.83. The summed E-state index contributed by atoms with van der Waals surface area (Å²) in [6, 6.07) is 0. The Morgan fingerprint density at radius 3 is 2.67 bits per heavy atom. The molecular weight excluding hydrogens is 192 g/mol. The van der Waals surface area contributed by atoms with Crippen LogP contribution in [-0.2, 0) is 9.53 Å². The fraction of sp³-hybridized carbons (Fsp3) is 0.909. The molecule has 1 amide bonds. The van der Waals surface area contributed by atoms with Gasteiger partial charge in [0.25, 0.3) is 0 Å². The molecule has 4 heteroatoms. The van der Waals surface area contributed by atoms with Crippen molar-refractivity contribution in [2.75, 3.05) is 33.3 Å². The van der Waals surface area contributed by atoms with Crippen LogP contribution in [0.4, 0.5) is 0 Å². The Bertz CT molecular complexity index is 189. The number of rotatable bonds is 5. The molecule has 1 fully saturated rings. The summed E-state index contributed by atoms with van der Waals surface area (Å²) in [7, 11) is 1.74. The maximum Gasteiger partial charge on any atom is 0.236 e. The van der Waals surface area contributed by atoms with Crippen molar-refractivity contribution in [3.63, 3.8) is 0 Å². The summed E-state index contributed by atoms with van der Waals surface area (Å²) in [5.41, 5.74) is 0. The lowest BCUT2D eigenvalue weighted by atomic mass is 10.1. The Morgan fingerprint density at radius 2 is 2.13 bits per heavy atom. The first kappa shape index (κ1) is 12.5. The molecule has 1 aliphatic rings. The topological polar surface area (TPSA) is 41.6 Å². The first-order valence-electron chi connectivity index (χ1n) is 5.79. The number of hydrogen-bond acceptors (Lipinski definition) is 3. The average molecular weight is 214 g/mol. The molecule has 1 heterocycles. The van der Waals surface area contributed by atoms with Gasteiger partial charge in [0.15, 0.2) is 0 Å². The lowest BCUT2D eigenvalue weighted by Gasteiger charge is -2.31. The molecule has 0 aromatic carbocycles. The highest BCUT2D eigenvalue weighted by atomic mass is 16.5. The van der Waals surface area contributed by atoms with Gasteiger partial charge in [0.2, 0.25) is 5.91 Å². The van der Waals surface area contributed by atoms with Gasteiger partial charge in [0, 0.05) is 20.2 Å². The van der Waals surface area contributed by atoms with E-state index in [2.05, 4.69) is 12.2 Å². The minimum absolute atomic E-state index is 0.220. The molecule has 0 unspecified atom stereocenters. The summed E-state index contributed by atoms with van der Waals surface area (Å²) in [5.74, 6) is 0.220. The number of amides is 1. The van der Waals surface area contributed by atoms with Crippen molar-refractivity contribution < 1.29 is 9.53 Å². The van der Waals surface area contributed by atoms with Crippen LogP contribution in [0.3, 0.4) is 0 Å². The van der Waals surface area contributed by atoms with E-state index in [9.17, 15) is 4.79 Å². The fourth-order valence-corrected chi connectivity index (χ4v) is 1.82. The number of piperidine rings is 1. The molecule has 4 nitrogen and oxygen atoms in total. The normalized spacial score (nSPS) is 18.1. The van der Waals surface area contributed by atoms with Crippen molar-refractivity contribution in [3.8, 4) is 0 Å². The lowest BCUT2D eigenvalue weighted by molar-refractivity contribution is -0.132. The van der Waals surface area contributed by atoms with Gasteiger partial charge in [-0.25, -0.2) is 0 Å². The van der Waals surface area contributed by atoms with Crippen molar-refractivity contribution in [2.45, 2.75) is 32.3 Å². The van der Waals surface area contributed by atoms with Crippen molar-refractivity contribution in [1.29, 1.82) is 0 Å². The van der Waals surface area contributed by atoms with Gasteiger partial charge in [0.05, 0.1) is 12.6 Å². The number of hydrogen-bond donors (Lipinski definition) is 1. The van der Waals surface area contributed by atoms with E-state index in [4.69, 9.17) is 4.74 Å². The number of ether oxygens (including phenoxy) is 1. The minimum Gasteiger partial charge on any atom is -0.381 e. The molecular formula is C11H22N2O2. The van der Waals surface area contributed by atoms with Crippen LogP contribution in [0.5, 0.6) is 0 Å². The Labute approximate surface area is 92.0 Å². The Balaban J connectivity index is 2.18. The van der Waals surface area contributed by atoms with E-state index in [-0.39, 0.29) is 5.91 Å². The molecule has 88 valence electrons. The van der Waals surface area contributed by atoms with Crippen molar-refractivity contribution >= 4 is 5.91 Å². The summed E-state index contributed by atoms with van der Waals surface area (Å²) in [4.78, 5) is 13.6. The van der Waals surface area contributed by atoms with Gasteiger partial charge >= 0.3 is 0 Å². The van der Waals surface area contributed by atoms with Crippen LogP contribution < -0.4 is 5.32 Å². The molecule has 0 aromatic heterocycles. The number of nitrogens with zero attached hydrogens (tertiary/aromatic N) is 1. The number of likely N-dealkylation sites (tertiary alicyclic amines) is 1. The quantitative estimate of drug-likeness (QED) is 0.682. The zero-order chi connectivity index (χ0) is 11.1. The zero-order valence-electron chi connectivity index (χ0n) is 9.79. The van der Waals surface area contributed by atoms with E-state index >= 15 is 0 Å². The van der Waals surface area contributed by atoms with E-state index in [1.165, 1.54) is 0 Å². The third-order valence-electron chi connectivity index (χ3n) is 2.83. The smallest absolute Gasteiger partial charge is 0.236 e. The Kier molecular flexibility index (Phi) is 5.65. The van der Waals surface area contributed by atoms with Crippen LogP contribution in [-0.4, -0.2) is 50.2 Å². The van der Waals surface area contributed by atoms with Gasteiger partial charge in [-0.2, -0.15) is 0 Å². The van der Waals surface area contributed by atoms with Crippen LogP contribution in [0.2, 0.25) is 0 Å². The largest absolute Gasteiger partial charge is 0.381 e. The second kappa shape index (κ2) is 6.80. The Morgan fingerprint density at radius 1 is 1.47 bits per heavy atom. The van der Waals surface area contributed by atoms with E-state index in [0.29, 0.717) is 12.6 Å². The van der Waals surface area contributed by atoms with Gasteiger partial charge in [0.1, 0.15) is 0 Å². The highest BCUT2D eigenvalue weighted by Gasteiger charge is 2.21. The summed E-state index contributed by atoms with van der Waals surface area (Å²) >= 11 is 0. The average Bonchev–Trinajstić information content (AvgIpc) is 2.29. The lowest BCUT2D eigenvalue weighted by Crippen LogP contribution is -2.44. The molecule has 1 saturated heterocycles. The molecule has 0 spiro atoms. The van der Waals surface area contributed by atoms with Crippen LogP contribution in [0.15, 0.2) is 0 Å². The highest BCUT2D eigenvalue weighted by Crippen LogP contribution is 2.12. The van der Waals surface area contributed by atoms with E-state index in [0.717, 1.165) is 38.9 Å². The van der Waals surface area contributed by atoms with Gasteiger partial charge in [-0.05, 0) is 25.8 Å². The van der Waals surface area contributed by atoms with Gasteiger partial charge < -0.3 is 15.0 Å². The van der Waals surface area contributed by atoms with Crippen LogP contribution in [0, 0.1) is 0 Å². The van der Waals surface area contributed by atoms with Gasteiger partial charge in [-0.3, -0.25) is 4.79 Å². The van der Waals surface area contributed by atoms with Crippen molar-refractivity contribution in [3.05, 3.63) is 0 Å². The van der Waals surface area contributed by atoms with E-state index in [1.54, 1.807) is 7.11 Å². The predicted molar refractivity (Wildman–Crippen MR) is 59.8 cm³/mol. The first-order valence-corrected chi connectivity index (χ1v) is 5.79. The molecule has 15 heavy (non-hydrogen) atoms. The minimum atomic E-state index is 0.220. The fourth-order valence-electron chi connectivity index (χ4n) is 1.82. The summed E-state index contributed by atoms with van der Waals surface area (Å²) in [5, 5.41) is 3.13. The second-order valence-electron chi connectivity index (χ2n) is 3.99. The number of carbonyl (C=O) groups is 1. The second-order valence-corrected chi connectivity index (χ2v) is 3.99. The van der Waals surface area contributed by atoms with Crippen molar-refractivity contribution in [2.24, 2.45) is 0 Å². The molecule has 0 aliphatic carbocycles. The molecule has 1 aliphatic heterocycles.